The summed E-state index contributed by atoms with van der Waals surface area (Å²) in [7, 11) is 0. The monoisotopic (exact) mass is 499 g/mol. The zero-order chi connectivity index (χ0) is 21.1. The fraction of sp³-hybridized carbons (Fsp3) is 0.0435. The summed E-state index contributed by atoms with van der Waals surface area (Å²) in [4.78, 5) is 26.7. The molecule has 0 saturated carbocycles. The number of ether oxygens (including phenoxy) is 1. The molecule has 2 amide bonds. The maximum atomic E-state index is 12.8. The van der Waals surface area contributed by atoms with Crippen LogP contribution in [0.5, 0.6) is 5.75 Å². The van der Waals surface area contributed by atoms with Crippen molar-refractivity contribution in [2.24, 2.45) is 0 Å². The molecule has 1 saturated heterocycles. The van der Waals surface area contributed by atoms with Crippen molar-refractivity contribution in [1.82, 2.24) is 0 Å². The third-order valence-corrected chi connectivity index (χ3v) is 6.08. The molecule has 0 bridgehead atoms. The summed E-state index contributed by atoms with van der Waals surface area (Å²) in [6.45, 7) is 0.456. The van der Waals surface area contributed by atoms with E-state index in [1.54, 1.807) is 30.3 Å². The number of hydrogen-bond donors (Lipinski definition) is 0. The van der Waals surface area contributed by atoms with Gasteiger partial charge in [-0.05, 0) is 75.2 Å². The van der Waals surface area contributed by atoms with Crippen LogP contribution in [-0.2, 0) is 11.4 Å². The zero-order valence-corrected chi connectivity index (χ0v) is 18.7. The second-order valence-electron chi connectivity index (χ2n) is 6.46. The highest BCUT2D eigenvalue weighted by Gasteiger charge is 2.36. The molecule has 0 spiro atoms. The highest BCUT2D eigenvalue weighted by molar-refractivity contribution is 9.10. The largest absolute Gasteiger partial charge is 0.488 e. The Balaban J connectivity index is 1.51. The number of thioether (sulfide) groups is 1. The first-order chi connectivity index (χ1) is 14.5. The Hall–Kier alpha value is -2.54. The van der Waals surface area contributed by atoms with Gasteiger partial charge in [0, 0.05) is 5.02 Å². The van der Waals surface area contributed by atoms with Crippen molar-refractivity contribution in [3.63, 3.8) is 0 Å². The van der Waals surface area contributed by atoms with E-state index in [1.807, 2.05) is 48.5 Å². The predicted octanol–water partition coefficient (Wildman–Crippen LogP) is 6.92. The van der Waals surface area contributed by atoms with E-state index in [1.165, 1.54) is 0 Å². The van der Waals surface area contributed by atoms with Crippen LogP contribution in [0.3, 0.4) is 0 Å². The van der Waals surface area contributed by atoms with Crippen molar-refractivity contribution in [3.05, 3.63) is 98.3 Å². The average Bonchev–Trinajstić information content (AvgIpc) is 3.01. The number of amides is 2. The van der Waals surface area contributed by atoms with Gasteiger partial charge in [-0.2, -0.15) is 0 Å². The Labute approximate surface area is 191 Å². The number of carbonyl (C=O) groups is 2. The van der Waals surface area contributed by atoms with Crippen molar-refractivity contribution < 1.29 is 14.3 Å². The standard InChI is InChI=1S/C23H15BrClNO3S/c24-19-11-16(9-10-20(19)29-14-15-5-2-1-3-6-15)12-21-22(27)26(23(28)30-21)18-8-4-7-17(25)13-18/h1-13H,14H2/b21-12+. The molecule has 3 aromatic rings. The van der Waals surface area contributed by atoms with Crippen LogP contribution in [0.4, 0.5) is 10.5 Å². The molecule has 4 rings (SSSR count). The van der Waals surface area contributed by atoms with Crippen LogP contribution in [0.15, 0.2) is 82.2 Å². The Kier molecular flexibility index (Phi) is 6.27. The lowest BCUT2D eigenvalue weighted by Gasteiger charge is -2.12. The molecule has 0 aliphatic carbocycles. The number of halogens is 2. The second kappa shape index (κ2) is 9.08. The normalized spacial score (nSPS) is 15.1. The number of hydrogen-bond acceptors (Lipinski definition) is 4. The second-order valence-corrected chi connectivity index (χ2v) is 8.75. The number of imide groups is 1. The van der Waals surface area contributed by atoms with Gasteiger partial charge in [-0.15, -0.1) is 0 Å². The van der Waals surface area contributed by atoms with Crippen molar-refractivity contribution in [2.45, 2.75) is 6.61 Å². The third kappa shape index (κ3) is 4.61. The average molecular weight is 501 g/mol. The molecule has 150 valence electrons. The van der Waals surface area contributed by atoms with Gasteiger partial charge in [-0.25, -0.2) is 4.90 Å². The number of nitrogens with zero attached hydrogens (tertiary/aromatic N) is 1. The maximum Gasteiger partial charge on any atom is 0.298 e. The first-order valence-electron chi connectivity index (χ1n) is 9.01. The lowest BCUT2D eigenvalue weighted by molar-refractivity contribution is -0.113. The van der Waals surface area contributed by atoms with Crippen LogP contribution in [0, 0.1) is 0 Å². The third-order valence-electron chi connectivity index (χ3n) is 4.35. The highest BCUT2D eigenvalue weighted by atomic mass is 79.9. The van der Waals surface area contributed by atoms with Crippen molar-refractivity contribution in [1.29, 1.82) is 0 Å². The summed E-state index contributed by atoms with van der Waals surface area (Å²) in [5.41, 5.74) is 2.31. The lowest BCUT2D eigenvalue weighted by atomic mass is 10.2. The van der Waals surface area contributed by atoms with E-state index in [9.17, 15) is 9.59 Å². The summed E-state index contributed by atoms with van der Waals surface area (Å²) >= 11 is 10.4. The van der Waals surface area contributed by atoms with Gasteiger partial charge in [0.05, 0.1) is 15.1 Å². The summed E-state index contributed by atoms with van der Waals surface area (Å²) in [5.74, 6) is 0.329. The van der Waals surface area contributed by atoms with E-state index in [0.717, 1.165) is 32.3 Å². The molecule has 0 aromatic heterocycles. The molecule has 30 heavy (non-hydrogen) atoms. The first-order valence-corrected chi connectivity index (χ1v) is 11.0. The molecule has 1 heterocycles. The molecule has 0 N–H and O–H groups in total. The van der Waals surface area contributed by atoms with Gasteiger partial charge in [0.25, 0.3) is 11.1 Å². The molecule has 0 atom stereocenters. The van der Waals surface area contributed by atoms with Crippen LogP contribution in [0.25, 0.3) is 6.08 Å². The smallest absolute Gasteiger partial charge is 0.298 e. The number of anilines is 1. The Morgan fingerprint density at radius 3 is 2.53 bits per heavy atom. The first kappa shape index (κ1) is 20.7. The molecule has 1 fully saturated rings. The molecular weight excluding hydrogens is 486 g/mol. The van der Waals surface area contributed by atoms with Gasteiger partial charge in [-0.3, -0.25) is 9.59 Å². The van der Waals surface area contributed by atoms with Crippen LogP contribution in [-0.4, -0.2) is 11.1 Å². The lowest BCUT2D eigenvalue weighted by Crippen LogP contribution is -2.27. The van der Waals surface area contributed by atoms with E-state index >= 15 is 0 Å². The minimum Gasteiger partial charge on any atom is -0.488 e. The molecule has 0 unspecified atom stereocenters. The Bertz CT molecular complexity index is 1150. The molecule has 1 aliphatic heterocycles. The summed E-state index contributed by atoms with van der Waals surface area (Å²) in [6.07, 6.45) is 1.70. The van der Waals surface area contributed by atoms with E-state index in [0.29, 0.717) is 28.0 Å². The fourth-order valence-corrected chi connectivity index (χ4v) is 4.45. The zero-order valence-electron chi connectivity index (χ0n) is 15.5. The summed E-state index contributed by atoms with van der Waals surface area (Å²) < 4.78 is 6.62. The van der Waals surface area contributed by atoms with E-state index in [4.69, 9.17) is 16.3 Å². The van der Waals surface area contributed by atoms with Gasteiger partial charge < -0.3 is 4.74 Å². The van der Waals surface area contributed by atoms with Gasteiger partial charge in [-0.1, -0.05) is 54.1 Å². The van der Waals surface area contributed by atoms with Crippen molar-refractivity contribution in [2.75, 3.05) is 4.90 Å². The Morgan fingerprint density at radius 1 is 1.00 bits per heavy atom. The minimum absolute atomic E-state index is 0.351. The van der Waals surface area contributed by atoms with Crippen molar-refractivity contribution in [3.8, 4) is 5.75 Å². The molecular formula is C23H15BrClNO3S. The van der Waals surface area contributed by atoms with E-state index < -0.39 is 0 Å². The SMILES string of the molecule is O=C1S/C(=C/c2ccc(OCc3ccccc3)c(Br)c2)C(=O)N1c1cccc(Cl)c1. The number of carbonyl (C=O) groups excluding carboxylic acids is 2. The molecule has 3 aromatic carbocycles. The van der Waals surface area contributed by atoms with Crippen LogP contribution >= 0.6 is 39.3 Å². The highest BCUT2D eigenvalue weighted by Crippen LogP contribution is 2.37. The van der Waals surface area contributed by atoms with Crippen LogP contribution < -0.4 is 9.64 Å². The van der Waals surface area contributed by atoms with E-state index in [-0.39, 0.29) is 11.1 Å². The topological polar surface area (TPSA) is 46.6 Å². The van der Waals surface area contributed by atoms with Gasteiger partial charge in [0.1, 0.15) is 12.4 Å². The van der Waals surface area contributed by atoms with Gasteiger partial charge in [0.2, 0.25) is 0 Å². The molecule has 0 radical (unpaired) electrons. The quantitative estimate of drug-likeness (QED) is 0.357. The summed E-state index contributed by atoms with van der Waals surface area (Å²) in [6, 6.07) is 22.1. The fourth-order valence-electron chi connectivity index (χ4n) is 2.92. The number of rotatable bonds is 5. The maximum absolute atomic E-state index is 12.8. The molecule has 7 heteroatoms. The van der Waals surface area contributed by atoms with Gasteiger partial charge in [0.15, 0.2) is 0 Å². The molecule has 4 nitrogen and oxygen atoms in total. The van der Waals surface area contributed by atoms with Crippen LogP contribution in [0.2, 0.25) is 5.02 Å². The summed E-state index contributed by atoms with van der Waals surface area (Å²) in [5, 5.41) is 0.112. The Morgan fingerprint density at radius 2 is 1.80 bits per heavy atom. The predicted molar refractivity (Wildman–Crippen MR) is 125 cm³/mol. The van der Waals surface area contributed by atoms with E-state index in [2.05, 4.69) is 15.9 Å². The number of benzene rings is 3. The molecule has 1 aliphatic rings. The minimum atomic E-state index is -0.368. The van der Waals surface area contributed by atoms with Crippen LogP contribution in [0.1, 0.15) is 11.1 Å². The van der Waals surface area contributed by atoms with Gasteiger partial charge >= 0.3 is 0 Å². The van der Waals surface area contributed by atoms with Crippen molar-refractivity contribution >= 4 is 62.2 Å².